The second kappa shape index (κ2) is 13.0. The van der Waals surface area contributed by atoms with Gasteiger partial charge in [0.15, 0.2) is 11.5 Å². The Morgan fingerprint density at radius 2 is 1.73 bits per heavy atom. The van der Waals surface area contributed by atoms with Crippen LogP contribution in [-0.4, -0.2) is 37.7 Å². The van der Waals surface area contributed by atoms with Crippen LogP contribution in [0.1, 0.15) is 38.3 Å². The second-order valence-corrected chi connectivity index (χ2v) is 7.68. The van der Waals surface area contributed by atoms with Crippen LogP contribution in [0.25, 0.3) is 0 Å². The van der Waals surface area contributed by atoms with Crippen LogP contribution in [0.3, 0.4) is 0 Å². The van der Waals surface area contributed by atoms with Crippen LogP contribution in [-0.2, 0) is 13.2 Å². The van der Waals surface area contributed by atoms with Crippen LogP contribution < -0.4 is 14.8 Å². The van der Waals surface area contributed by atoms with E-state index >= 15 is 0 Å². The molecule has 166 valence electrons. The summed E-state index contributed by atoms with van der Waals surface area (Å²) in [6.07, 6.45) is 1.07. The number of hydrogen-bond acceptors (Lipinski definition) is 4. The Hall–Kier alpha value is -1.53. The molecule has 0 bridgehead atoms. The number of nitrogens with one attached hydrogen (secondary N) is 1. The minimum atomic E-state index is -0.405. The largest absolute Gasteiger partial charge is 0.490 e. The highest BCUT2D eigenvalue weighted by atomic mass is 35.5. The molecule has 2 aromatic rings. The maximum Gasteiger partial charge on any atom is 0.163 e. The summed E-state index contributed by atoms with van der Waals surface area (Å²) in [5.41, 5.74) is 1.23. The van der Waals surface area contributed by atoms with Gasteiger partial charge in [-0.05, 0) is 63.3 Å². The Kier molecular flexibility index (Phi) is 10.7. The SMILES string of the molecule is CCOc1cc(CNCCCN(CC)CC)c(Cl)cc1OCc1c(F)cccc1Cl. The highest BCUT2D eigenvalue weighted by Crippen LogP contribution is 2.35. The normalized spacial score (nSPS) is 11.2. The monoisotopic (exact) mass is 456 g/mol. The molecule has 30 heavy (non-hydrogen) atoms. The first-order valence-corrected chi connectivity index (χ1v) is 11.2. The van der Waals surface area contributed by atoms with Gasteiger partial charge < -0.3 is 19.7 Å². The summed E-state index contributed by atoms with van der Waals surface area (Å²) in [6, 6.07) is 8.15. The molecule has 0 saturated carbocycles. The number of halogens is 3. The van der Waals surface area contributed by atoms with E-state index in [9.17, 15) is 4.39 Å². The number of nitrogens with zero attached hydrogens (tertiary/aromatic N) is 1. The zero-order chi connectivity index (χ0) is 21.9. The predicted molar refractivity (Wildman–Crippen MR) is 122 cm³/mol. The van der Waals surface area contributed by atoms with Gasteiger partial charge in [-0.25, -0.2) is 4.39 Å². The van der Waals surface area contributed by atoms with Gasteiger partial charge in [0, 0.05) is 23.2 Å². The topological polar surface area (TPSA) is 33.7 Å². The zero-order valence-corrected chi connectivity index (χ0v) is 19.5. The van der Waals surface area contributed by atoms with E-state index in [1.54, 1.807) is 18.2 Å². The third-order valence-electron chi connectivity index (χ3n) is 4.88. The van der Waals surface area contributed by atoms with Crippen LogP contribution in [0, 0.1) is 5.82 Å². The van der Waals surface area contributed by atoms with Crippen LogP contribution in [0.4, 0.5) is 4.39 Å². The third-order valence-corrected chi connectivity index (χ3v) is 5.59. The van der Waals surface area contributed by atoms with Crippen molar-refractivity contribution in [3.63, 3.8) is 0 Å². The van der Waals surface area contributed by atoms with E-state index in [1.165, 1.54) is 6.07 Å². The molecule has 0 aliphatic heterocycles. The van der Waals surface area contributed by atoms with Crippen molar-refractivity contribution in [1.82, 2.24) is 10.2 Å². The van der Waals surface area contributed by atoms with Crippen molar-refractivity contribution in [2.24, 2.45) is 0 Å². The van der Waals surface area contributed by atoms with Crippen molar-refractivity contribution < 1.29 is 13.9 Å². The lowest BCUT2D eigenvalue weighted by Gasteiger charge is -2.18. The minimum absolute atomic E-state index is 0.00906. The summed E-state index contributed by atoms with van der Waals surface area (Å²) < 4.78 is 25.5. The Bertz CT molecular complexity index is 781. The summed E-state index contributed by atoms with van der Waals surface area (Å²) in [6.45, 7) is 11.5. The fraction of sp³-hybridized carbons (Fsp3) is 0.478. The van der Waals surface area contributed by atoms with E-state index < -0.39 is 5.82 Å². The molecule has 0 amide bonds. The van der Waals surface area contributed by atoms with E-state index in [2.05, 4.69) is 24.1 Å². The summed E-state index contributed by atoms with van der Waals surface area (Å²) in [5.74, 6) is 0.637. The lowest BCUT2D eigenvalue weighted by Crippen LogP contribution is -2.27. The Morgan fingerprint density at radius 3 is 2.40 bits per heavy atom. The maximum atomic E-state index is 14.0. The standard InChI is InChI=1S/C23H31Cl2FN2O2/c1-4-28(5-2)12-8-11-27-15-17-13-22(29-6-3)23(14-20(17)25)30-16-18-19(24)9-7-10-21(18)26/h7,9-10,13-14,27H,4-6,8,11-12,15-16H2,1-3H3. The van der Waals surface area contributed by atoms with Gasteiger partial charge in [0.05, 0.1) is 11.6 Å². The Morgan fingerprint density at radius 1 is 1.00 bits per heavy atom. The lowest BCUT2D eigenvalue weighted by atomic mass is 10.2. The van der Waals surface area contributed by atoms with Crippen LogP contribution in [0.5, 0.6) is 11.5 Å². The molecule has 0 aromatic heterocycles. The summed E-state index contributed by atoms with van der Waals surface area (Å²) in [7, 11) is 0. The number of ether oxygens (including phenoxy) is 2. The zero-order valence-electron chi connectivity index (χ0n) is 17.9. The maximum absolute atomic E-state index is 14.0. The van der Waals surface area contributed by atoms with Crippen molar-refractivity contribution in [3.05, 3.63) is 57.3 Å². The van der Waals surface area contributed by atoms with Gasteiger partial charge in [0.2, 0.25) is 0 Å². The van der Waals surface area contributed by atoms with Gasteiger partial charge in [-0.15, -0.1) is 0 Å². The van der Waals surface area contributed by atoms with E-state index in [0.29, 0.717) is 40.3 Å². The molecule has 7 heteroatoms. The van der Waals surface area contributed by atoms with Crippen LogP contribution >= 0.6 is 23.2 Å². The molecular formula is C23H31Cl2FN2O2. The molecule has 0 radical (unpaired) electrons. The molecule has 0 aliphatic carbocycles. The first kappa shape index (κ1) is 24.7. The average molecular weight is 457 g/mol. The van der Waals surface area contributed by atoms with E-state index in [-0.39, 0.29) is 6.61 Å². The van der Waals surface area contributed by atoms with Gasteiger partial charge in [-0.2, -0.15) is 0 Å². The number of hydrogen-bond donors (Lipinski definition) is 1. The molecular weight excluding hydrogens is 426 g/mol. The van der Waals surface area contributed by atoms with Crippen molar-refractivity contribution in [3.8, 4) is 11.5 Å². The van der Waals surface area contributed by atoms with Gasteiger partial charge in [0.1, 0.15) is 12.4 Å². The highest BCUT2D eigenvalue weighted by molar-refractivity contribution is 6.31. The summed E-state index contributed by atoms with van der Waals surface area (Å²) in [4.78, 5) is 2.40. The Balaban J connectivity index is 2.00. The fourth-order valence-electron chi connectivity index (χ4n) is 3.10. The predicted octanol–water partition coefficient (Wildman–Crippen LogP) is 5.93. The first-order valence-electron chi connectivity index (χ1n) is 10.4. The fourth-order valence-corrected chi connectivity index (χ4v) is 3.54. The quantitative estimate of drug-likeness (QED) is 0.378. The highest BCUT2D eigenvalue weighted by Gasteiger charge is 2.14. The van der Waals surface area contributed by atoms with Gasteiger partial charge >= 0.3 is 0 Å². The average Bonchev–Trinajstić information content (AvgIpc) is 2.73. The molecule has 0 unspecified atom stereocenters. The van der Waals surface area contributed by atoms with Crippen LogP contribution in [0.15, 0.2) is 30.3 Å². The van der Waals surface area contributed by atoms with Gasteiger partial charge in [-0.3, -0.25) is 0 Å². The van der Waals surface area contributed by atoms with Crippen molar-refractivity contribution in [1.29, 1.82) is 0 Å². The minimum Gasteiger partial charge on any atom is -0.490 e. The molecule has 0 spiro atoms. The summed E-state index contributed by atoms with van der Waals surface area (Å²) >= 11 is 12.6. The number of rotatable bonds is 13. The molecule has 0 fully saturated rings. The van der Waals surface area contributed by atoms with Gasteiger partial charge in [0.25, 0.3) is 0 Å². The van der Waals surface area contributed by atoms with Crippen molar-refractivity contribution in [2.75, 3.05) is 32.8 Å². The lowest BCUT2D eigenvalue weighted by molar-refractivity contribution is 0.265. The molecule has 1 N–H and O–H groups in total. The second-order valence-electron chi connectivity index (χ2n) is 6.87. The smallest absolute Gasteiger partial charge is 0.163 e. The number of benzene rings is 2. The van der Waals surface area contributed by atoms with E-state index in [4.69, 9.17) is 32.7 Å². The van der Waals surface area contributed by atoms with Gasteiger partial charge in [-0.1, -0.05) is 43.1 Å². The van der Waals surface area contributed by atoms with E-state index in [0.717, 1.165) is 38.2 Å². The molecule has 4 nitrogen and oxygen atoms in total. The Labute approximate surface area is 189 Å². The van der Waals surface area contributed by atoms with Crippen LogP contribution in [0.2, 0.25) is 10.0 Å². The molecule has 0 atom stereocenters. The third kappa shape index (κ3) is 7.31. The molecule has 0 aliphatic rings. The van der Waals surface area contributed by atoms with Crippen molar-refractivity contribution in [2.45, 2.75) is 40.3 Å². The molecule has 2 aromatic carbocycles. The molecule has 0 heterocycles. The molecule has 2 rings (SSSR count). The molecule has 0 saturated heterocycles. The summed E-state index contributed by atoms with van der Waals surface area (Å²) in [5, 5.41) is 4.33. The first-order chi connectivity index (χ1) is 14.5. The van der Waals surface area contributed by atoms with Crippen molar-refractivity contribution >= 4 is 23.2 Å². The van der Waals surface area contributed by atoms with E-state index in [1.807, 2.05) is 13.0 Å².